The average molecular weight is 335 g/mol. The van der Waals surface area contributed by atoms with Crippen molar-refractivity contribution >= 4 is 27.3 Å². The molecule has 0 saturated carbocycles. The predicted molar refractivity (Wildman–Crippen MR) is 74.2 cm³/mol. The Balaban J connectivity index is 2.43. The van der Waals surface area contributed by atoms with E-state index in [-0.39, 0.29) is 28.6 Å². The lowest BCUT2D eigenvalue weighted by Gasteiger charge is -2.07. The van der Waals surface area contributed by atoms with Crippen LogP contribution in [-0.2, 0) is 0 Å². The molecule has 0 amide bonds. The monoisotopic (exact) mass is 334 g/mol. The van der Waals surface area contributed by atoms with Gasteiger partial charge in [0.2, 0.25) is 11.6 Å². The molecule has 1 aromatic carbocycles. The van der Waals surface area contributed by atoms with Crippen LogP contribution in [0.15, 0.2) is 34.9 Å². The van der Waals surface area contributed by atoms with Gasteiger partial charge in [0.25, 0.3) is 0 Å². The smallest absolute Gasteiger partial charge is 0.312 e. The second-order valence-corrected chi connectivity index (χ2v) is 4.62. The maximum atomic E-state index is 11.0. The fourth-order valence-electron chi connectivity index (χ4n) is 1.45. The summed E-state index contributed by atoms with van der Waals surface area (Å²) < 4.78 is 6.01. The van der Waals surface area contributed by atoms with Gasteiger partial charge in [-0.05, 0) is 34.1 Å². The first-order chi connectivity index (χ1) is 9.51. The molecule has 0 fully saturated rings. The number of nitriles is 1. The molecule has 1 aromatic heterocycles. The van der Waals surface area contributed by atoms with Crippen LogP contribution in [0.2, 0.25) is 0 Å². The van der Waals surface area contributed by atoms with Gasteiger partial charge in [-0.15, -0.1) is 0 Å². The van der Waals surface area contributed by atoms with E-state index in [0.29, 0.717) is 4.47 Å². The molecule has 0 unspecified atom stereocenters. The number of nitro benzene ring substituents is 1. The molecule has 8 heteroatoms. The van der Waals surface area contributed by atoms with Crippen molar-refractivity contribution in [3.05, 3.63) is 50.6 Å². The molecule has 2 N–H and O–H groups in total. The average Bonchev–Trinajstić information content (AvgIpc) is 2.42. The molecule has 1 heterocycles. The van der Waals surface area contributed by atoms with E-state index in [2.05, 4.69) is 20.9 Å². The van der Waals surface area contributed by atoms with E-state index >= 15 is 0 Å². The summed E-state index contributed by atoms with van der Waals surface area (Å²) >= 11 is 3.20. The summed E-state index contributed by atoms with van der Waals surface area (Å²) in [5.41, 5.74) is 5.79. The Kier molecular flexibility index (Phi) is 3.81. The summed E-state index contributed by atoms with van der Waals surface area (Å²) in [5.74, 6) is 0.0246. The second-order valence-electron chi connectivity index (χ2n) is 3.70. The van der Waals surface area contributed by atoms with Crippen LogP contribution < -0.4 is 10.5 Å². The van der Waals surface area contributed by atoms with Gasteiger partial charge in [0, 0.05) is 16.7 Å². The van der Waals surface area contributed by atoms with Crippen LogP contribution in [-0.4, -0.2) is 9.91 Å². The van der Waals surface area contributed by atoms with Crippen LogP contribution in [0.1, 0.15) is 5.56 Å². The standard InChI is InChI=1S/C12H7BrN4O3/c13-8-4-9(15)12(16-6-8)20-11-2-1-7(5-14)3-10(11)17(18)19/h1-4,6H,15H2. The minimum absolute atomic E-state index is 0.0319. The van der Waals surface area contributed by atoms with Crippen molar-refractivity contribution < 1.29 is 9.66 Å². The zero-order chi connectivity index (χ0) is 14.7. The zero-order valence-electron chi connectivity index (χ0n) is 9.91. The van der Waals surface area contributed by atoms with E-state index in [1.807, 2.05) is 6.07 Å². The van der Waals surface area contributed by atoms with Gasteiger partial charge in [0.1, 0.15) is 0 Å². The van der Waals surface area contributed by atoms with Crippen molar-refractivity contribution in [2.75, 3.05) is 5.73 Å². The quantitative estimate of drug-likeness (QED) is 0.681. The van der Waals surface area contributed by atoms with Gasteiger partial charge in [-0.2, -0.15) is 5.26 Å². The molecule has 0 radical (unpaired) electrons. The molecule has 0 aliphatic rings. The fourth-order valence-corrected chi connectivity index (χ4v) is 1.80. The van der Waals surface area contributed by atoms with Crippen molar-refractivity contribution in [3.63, 3.8) is 0 Å². The summed E-state index contributed by atoms with van der Waals surface area (Å²) in [6.07, 6.45) is 1.46. The number of ether oxygens (including phenoxy) is 1. The van der Waals surface area contributed by atoms with Crippen LogP contribution >= 0.6 is 15.9 Å². The first-order valence-corrected chi connectivity index (χ1v) is 6.08. The number of rotatable bonds is 3. The third kappa shape index (κ3) is 2.84. The van der Waals surface area contributed by atoms with E-state index < -0.39 is 4.92 Å². The van der Waals surface area contributed by atoms with Gasteiger partial charge in [-0.1, -0.05) is 0 Å². The van der Waals surface area contributed by atoms with E-state index in [4.69, 9.17) is 15.7 Å². The Labute approximate surface area is 121 Å². The molecule has 0 saturated heterocycles. The van der Waals surface area contributed by atoms with Crippen LogP contribution in [0.3, 0.4) is 0 Å². The van der Waals surface area contributed by atoms with E-state index in [1.54, 1.807) is 6.07 Å². The third-order valence-corrected chi connectivity index (χ3v) is 2.77. The molecule has 2 rings (SSSR count). The van der Waals surface area contributed by atoms with Gasteiger partial charge in [0.05, 0.1) is 22.2 Å². The Hall–Kier alpha value is -2.66. The Morgan fingerprint density at radius 2 is 2.20 bits per heavy atom. The highest BCUT2D eigenvalue weighted by Crippen LogP contribution is 2.34. The molecule has 0 spiro atoms. The zero-order valence-corrected chi connectivity index (χ0v) is 11.5. The van der Waals surface area contributed by atoms with Crippen LogP contribution in [0.25, 0.3) is 0 Å². The van der Waals surface area contributed by atoms with Gasteiger partial charge in [-0.3, -0.25) is 10.1 Å². The Morgan fingerprint density at radius 1 is 1.45 bits per heavy atom. The number of pyridine rings is 1. The number of nitrogens with two attached hydrogens (primary N) is 1. The molecule has 20 heavy (non-hydrogen) atoms. The Morgan fingerprint density at radius 3 is 2.80 bits per heavy atom. The molecular weight excluding hydrogens is 328 g/mol. The van der Waals surface area contributed by atoms with Crippen molar-refractivity contribution in [3.8, 4) is 17.7 Å². The molecule has 2 aromatic rings. The summed E-state index contributed by atoms with van der Waals surface area (Å²) in [6, 6.07) is 7.27. The maximum Gasteiger partial charge on any atom is 0.312 e. The number of benzene rings is 1. The third-order valence-electron chi connectivity index (χ3n) is 2.34. The lowest BCUT2D eigenvalue weighted by Crippen LogP contribution is -1.98. The van der Waals surface area contributed by atoms with E-state index in [0.717, 1.165) is 6.07 Å². The summed E-state index contributed by atoms with van der Waals surface area (Å²) in [7, 11) is 0. The van der Waals surface area contributed by atoms with Crippen molar-refractivity contribution in [2.24, 2.45) is 0 Å². The Bertz CT molecular complexity index is 727. The SMILES string of the molecule is N#Cc1ccc(Oc2ncc(Br)cc2N)c([N+](=O)[O-])c1. The molecule has 7 nitrogen and oxygen atoms in total. The van der Waals surface area contributed by atoms with Crippen LogP contribution in [0.5, 0.6) is 11.6 Å². The maximum absolute atomic E-state index is 11.0. The van der Waals surface area contributed by atoms with Crippen LogP contribution in [0.4, 0.5) is 11.4 Å². The normalized spacial score (nSPS) is 9.80. The first-order valence-electron chi connectivity index (χ1n) is 5.28. The summed E-state index contributed by atoms with van der Waals surface area (Å²) in [5, 5.41) is 19.7. The molecule has 0 aliphatic heterocycles. The number of halogens is 1. The number of nitro groups is 1. The molecule has 100 valence electrons. The highest BCUT2D eigenvalue weighted by Gasteiger charge is 2.18. The van der Waals surface area contributed by atoms with Crippen molar-refractivity contribution in [1.29, 1.82) is 5.26 Å². The first kappa shape index (κ1) is 13.8. The van der Waals surface area contributed by atoms with Crippen molar-refractivity contribution in [2.45, 2.75) is 0 Å². The molecule has 0 aliphatic carbocycles. The number of aromatic nitrogens is 1. The summed E-state index contributed by atoms with van der Waals surface area (Å²) in [4.78, 5) is 14.3. The summed E-state index contributed by atoms with van der Waals surface area (Å²) in [6.45, 7) is 0. The second kappa shape index (κ2) is 5.54. The minimum atomic E-state index is -0.634. The fraction of sp³-hybridized carbons (Fsp3) is 0. The highest BCUT2D eigenvalue weighted by atomic mass is 79.9. The van der Waals surface area contributed by atoms with Gasteiger partial charge < -0.3 is 10.5 Å². The lowest BCUT2D eigenvalue weighted by molar-refractivity contribution is -0.385. The highest BCUT2D eigenvalue weighted by molar-refractivity contribution is 9.10. The number of hydrogen-bond acceptors (Lipinski definition) is 6. The minimum Gasteiger partial charge on any atom is -0.430 e. The van der Waals surface area contributed by atoms with E-state index in [9.17, 15) is 10.1 Å². The molecule has 0 atom stereocenters. The van der Waals surface area contributed by atoms with Gasteiger partial charge >= 0.3 is 5.69 Å². The largest absolute Gasteiger partial charge is 0.430 e. The van der Waals surface area contributed by atoms with Crippen molar-refractivity contribution in [1.82, 2.24) is 4.98 Å². The number of anilines is 1. The topological polar surface area (TPSA) is 115 Å². The van der Waals surface area contributed by atoms with E-state index in [1.165, 1.54) is 18.3 Å². The van der Waals surface area contributed by atoms with Gasteiger partial charge in [-0.25, -0.2) is 4.98 Å². The van der Waals surface area contributed by atoms with Crippen LogP contribution in [0, 0.1) is 21.4 Å². The number of nitrogens with zero attached hydrogens (tertiary/aromatic N) is 3. The molecule has 0 bridgehead atoms. The number of hydrogen-bond donors (Lipinski definition) is 1. The lowest BCUT2D eigenvalue weighted by atomic mass is 10.2. The predicted octanol–water partition coefficient (Wildman–Crippen LogP) is 3.00. The molecular formula is C12H7BrN4O3. The van der Waals surface area contributed by atoms with Gasteiger partial charge in [0.15, 0.2) is 0 Å². The number of nitrogen functional groups attached to an aromatic ring is 1.